The van der Waals surface area contributed by atoms with Crippen molar-refractivity contribution in [3.05, 3.63) is 0 Å². The van der Waals surface area contributed by atoms with Crippen molar-refractivity contribution in [1.29, 1.82) is 0 Å². The summed E-state index contributed by atoms with van der Waals surface area (Å²) in [6.07, 6.45) is -1.39. The van der Waals surface area contributed by atoms with E-state index in [9.17, 15) is 9.36 Å². The highest BCUT2D eigenvalue weighted by Gasteiger charge is 2.21. The first-order chi connectivity index (χ1) is 5.85. The van der Waals surface area contributed by atoms with E-state index in [2.05, 4.69) is 4.74 Å². The SMILES string of the molecule is CCCC(O)OC(=O)CP(=O)(O)O. The van der Waals surface area contributed by atoms with Crippen LogP contribution in [0.4, 0.5) is 0 Å². The molecule has 7 heteroatoms. The summed E-state index contributed by atoms with van der Waals surface area (Å²) >= 11 is 0. The molecule has 0 bridgehead atoms. The molecule has 1 atom stereocenters. The number of aliphatic hydroxyl groups is 1. The number of hydrogen-bond donors (Lipinski definition) is 3. The minimum Gasteiger partial charge on any atom is -0.435 e. The van der Waals surface area contributed by atoms with Crippen LogP contribution in [0.15, 0.2) is 0 Å². The van der Waals surface area contributed by atoms with E-state index in [4.69, 9.17) is 14.9 Å². The van der Waals surface area contributed by atoms with E-state index >= 15 is 0 Å². The minimum absolute atomic E-state index is 0.257. The van der Waals surface area contributed by atoms with E-state index in [0.717, 1.165) is 0 Å². The minimum atomic E-state index is -4.38. The second kappa shape index (κ2) is 5.34. The van der Waals surface area contributed by atoms with E-state index in [0.29, 0.717) is 6.42 Å². The Morgan fingerprint density at radius 2 is 2.08 bits per heavy atom. The zero-order valence-electron chi connectivity index (χ0n) is 7.21. The summed E-state index contributed by atoms with van der Waals surface area (Å²) in [5, 5.41) is 8.92. The van der Waals surface area contributed by atoms with Crippen LogP contribution in [0, 0.1) is 0 Å². The van der Waals surface area contributed by atoms with Crippen molar-refractivity contribution in [2.45, 2.75) is 26.1 Å². The van der Waals surface area contributed by atoms with Gasteiger partial charge in [-0.1, -0.05) is 13.3 Å². The molecule has 1 unspecified atom stereocenters. The summed E-state index contributed by atoms with van der Waals surface area (Å²) in [6.45, 7) is 1.78. The van der Waals surface area contributed by atoms with E-state index in [1.54, 1.807) is 6.92 Å². The zero-order valence-corrected chi connectivity index (χ0v) is 8.11. The molecule has 0 amide bonds. The van der Waals surface area contributed by atoms with Crippen molar-refractivity contribution in [2.75, 3.05) is 6.16 Å². The fourth-order valence-corrected chi connectivity index (χ4v) is 1.07. The lowest BCUT2D eigenvalue weighted by molar-refractivity contribution is -0.165. The Bertz CT molecular complexity index is 209. The first kappa shape index (κ1) is 12.6. The summed E-state index contributed by atoms with van der Waals surface area (Å²) in [4.78, 5) is 27.4. The van der Waals surface area contributed by atoms with Gasteiger partial charge in [-0.15, -0.1) is 0 Å². The summed E-state index contributed by atoms with van der Waals surface area (Å²) in [5.74, 6) is -1.09. The Hall–Kier alpha value is -0.420. The lowest BCUT2D eigenvalue weighted by atomic mass is 10.3. The smallest absolute Gasteiger partial charge is 0.336 e. The van der Waals surface area contributed by atoms with Crippen LogP contribution < -0.4 is 0 Å². The Kier molecular flexibility index (Phi) is 5.17. The van der Waals surface area contributed by atoms with Crippen LogP contribution in [0.3, 0.4) is 0 Å². The molecular weight excluding hydrogens is 199 g/mol. The topological polar surface area (TPSA) is 104 Å². The average Bonchev–Trinajstić information content (AvgIpc) is 1.81. The van der Waals surface area contributed by atoms with Gasteiger partial charge in [0.2, 0.25) is 6.29 Å². The molecule has 0 aromatic rings. The molecule has 0 fully saturated rings. The van der Waals surface area contributed by atoms with Gasteiger partial charge in [0.05, 0.1) is 0 Å². The number of carbonyl (C=O) groups is 1. The van der Waals surface area contributed by atoms with Crippen molar-refractivity contribution in [2.24, 2.45) is 0 Å². The third-order valence-corrected chi connectivity index (χ3v) is 1.81. The summed E-state index contributed by atoms with van der Waals surface area (Å²) < 4.78 is 14.6. The van der Waals surface area contributed by atoms with Gasteiger partial charge in [0, 0.05) is 6.42 Å². The van der Waals surface area contributed by atoms with Crippen molar-refractivity contribution in [3.63, 3.8) is 0 Å². The molecule has 78 valence electrons. The van der Waals surface area contributed by atoms with Gasteiger partial charge in [-0.25, -0.2) is 0 Å². The van der Waals surface area contributed by atoms with E-state index in [-0.39, 0.29) is 6.42 Å². The maximum Gasteiger partial charge on any atom is 0.336 e. The normalized spacial score (nSPS) is 13.8. The molecule has 0 aliphatic carbocycles. The second-order valence-corrected chi connectivity index (χ2v) is 4.20. The Morgan fingerprint density at radius 3 is 2.46 bits per heavy atom. The lowest BCUT2D eigenvalue weighted by Gasteiger charge is -2.10. The fraction of sp³-hybridized carbons (Fsp3) is 0.833. The average molecular weight is 212 g/mol. The van der Waals surface area contributed by atoms with Crippen molar-refractivity contribution in [3.8, 4) is 0 Å². The van der Waals surface area contributed by atoms with Gasteiger partial charge in [0.1, 0.15) is 6.16 Å². The standard InChI is InChI=1S/C6H13O6P/c1-2-3-5(7)12-6(8)4-13(9,10)11/h5,7H,2-4H2,1H3,(H2,9,10,11). The molecule has 3 N–H and O–H groups in total. The third-order valence-electron chi connectivity index (χ3n) is 1.14. The zero-order chi connectivity index (χ0) is 10.5. The fourth-order valence-electron chi connectivity index (χ4n) is 0.663. The first-order valence-corrected chi connectivity index (χ1v) is 5.57. The highest BCUT2D eigenvalue weighted by Crippen LogP contribution is 2.33. The van der Waals surface area contributed by atoms with Gasteiger partial charge in [-0.3, -0.25) is 9.36 Å². The number of rotatable bonds is 5. The van der Waals surface area contributed by atoms with Gasteiger partial charge >= 0.3 is 13.6 Å². The van der Waals surface area contributed by atoms with Crippen LogP contribution >= 0.6 is 7.60 Å². The maximum absolute atomic E-state index is 10.7. The van der Waals surface area contributed by atoms with Crippen LogP contribution in [0.25, 0.3) is 0 Å². The number of hydrogen-bond acceptors (Lipinski definition) is 4. The molecule has 0 spiro atoms. The van der Waals surface area contributed by atoms with Crippen molar-refractivity contribution < 1.29 is 29.0 Å². The van der Waals surface area contributed by atoms with Gasteiger partial charge < -0.3 is 19.6 Å². The Labute approximate surface area is 75.7 Å². The highest BCUT2D eigenvalue weighted by atomic mass is 31.2. The molecule has 13 heavy (non-hydrogen) atoms. The summed E-state index contributed by atoms with van der Waals surface area (Å²) in [7, 11) is -4.38. The molecule has 0 aromatic heterocycles. The van der Waals surface area contributed by atoms with Crippen molar-refractivity contribution >= 4 is 13.6 Å². The number of ether oxygens (including phenoxy) is 1. The van der Waals surface area contributed by atoms with E-state index in [1.807, 2.05) is 0 Å². The predicted octanol–water partition coefficient (Wildman–Crippen LogP) is -0.174. The molecule has 6 nitrogen and oxygen atoms in total. The molecule has 0 rings (SSSR count). The van der Waals surface area contributed by atoms with E-state index in [1.165, 1.54) is 0 Å². The van der Waals surface area contributed by atoms with Gasteiger partial charge in [-0.2, -0.15) is 0 Å². The third kappa shape index (κ3) is 7.93. The largest absolute Gasteiger partial charge is 0.435 e. The predicted molar refractivity (Wildman–Crippen MR) is 43.9 cm³/mol. The molecule has 0 aliphatic heterocycles. The number of esters is 1. The lowest BCUT2D eigenvalue weighted by Crippen LogP contribution is -2.19. The molecular formula is C6H13O6P. The van der Waals surface area contributed by atoms with Crippen molar-refractivity contribution in [1.82, 2.24) is 0 Å². The Balaban J connectivity index is 3.81. The van der Waals surface area contributed by atoms with Crippen LogP contribution in [-0.4, -0.2) is 33.3 Å². The molecule has 0 saturated heterocycles. The Morgan fingerprint density at radius 1 is 1.54 bits per heavy atom. The molecule has 0 saturated carbocycles. The highest BCUT2D eigenvalue weighted by molar-refractivity contribution is 7.52. The van der Waals surface area contributed by atoms with Crippen LogP contribution in [0.2, 0.25) is 0 Å². The summed E-state index contributed by atoms with van der Waals surface area (Å²) in [5.41, 5.74) is 0. The van der Waals surface area contributed by atoms with E-state index < -0.39 is 26.0 Å². The van der Waals surface area contributed by atoms with Gasteiger partial charge in [-0.05, 0) is 0 Å². The number of aliphatic hydroxyl groups excluding tert-OH is 1. The summed E-state index contributed by atoms with van der Waals surface area (Å²) in [6, 6.07) is 0. The van der Waals surface area contributed by atoms with Crippen LogP contribution in [0.5, 0.6) is 0 Å². The monoisotopic (exact) mass is 212 g/mol. The molecule has 0 aliphatic rings. The van der Waals surface area contributed by atoms with Gasteiger partial charge in [0.25, 0.3) is 0 Å². The first-order valence-electron chi connectivity index (χ1n) is 3.77. The molecule has 0 aromatic carbocycles. The quantitative estimate of drug-likeness (QED) is 0.332. The number of carbonyl (C=O) groups excluding carboxylic acids is 1. The van der Waals surface area contributed by atoms with Gasteiger partial charge in [0.15, 0.2) is 0 Å². The second-order valence-electron chi connectivity index (χ2n) is 2.56. The van der Waals surface area contributed by atoms with Crippen LogP contribution in [-0.2, 0) is 14.1 Å². The van der Waals surface area contributed by atoms with Crippen LogP contribution in [0.1, 0.15) is 19.8 Å². The maximum atomic E-state index is 10.7. The molecule has 0 radical (unpaired) electrons. The molecule has 0 heterocycles.